The molecule has 3 atom stereocenters. The SMILES string of the molecule is N#Cc1cc(F)cc(Oc2ccc(SN)c3c2[C@@H](F)[C@@H](F)[C@H]3O)c1. The van der Waals surface area contributed by atoms with Crippen molar-refractivity contribution in [2.75, 3.05) is 0 Å². The molecule has 3 N–H and O–H groups in total. The fraction of sp³-hybridized carbons (Fsp3) is 0.188. The summed E-state index contributed by atoms with van der Waals surface area (Å²) in [5, 5.41) is 24.2. The molecule has 0 radical (unpaired) electrons. The van der Waals surface area contributed by atoms with Crippen LogP contribution in [0.3, 0.4) is 0 Å². The predicted octanol–water partition coefficient (Wildman–Crippen LogP) is 3.85. The fourth-order valence-electron chi connectivity index (χ4n) is 2.67. The van der Waals surface area contributed by atoms with Gasteiger partial charge in [0.1, 0.15) is 23.4 Å². The average Bonchev–Trinajstić information content (AvgIpc) is 2.80. The Hall–Kier alpha value is -2.21. The van der Waals surface area contributed by atoms with Crippen molar-refractivity contribution in [3.8, 4) is 17.6 Å². The minimum atomic E-state index is -2.14. The van der Waals surface area contributed by atoms with Crippen LogP contribution in [0.4, 0.5) is 13.2 Å². The van der Waals surface area contributed by atoms with E-state index >= 15 is 0 Å². The molecule has 0 amide bonds. The van der Waals surface area contributed by atoms with Crippen molar-refractivity contribution in [3.63, 3.8) is 0 Å². The summed E-state index contributed by atoms with van der Waals surface area (Å²) in [6.07, 6.45) is -5.90. The number of hydrogen-bond donors (Lipinski definition) is 2. The molecule has 0 fully saturated rings. The molecule has 0 bridgehead atoms. The van der Waals surface area contributed by atoms with Gasteiger partial charge >= 0.3 is 0 Å². The van der Waals surface area contributed by atoms with Gasteiger partial charge in [-0.25, -0.2) is 13.2 Å². The van der Waals surface area contributed by atoms with Crippen LogP contribution in [-0.2, 0) is 0 Å². The second-order valence-electron chi connectivity index (χ2n) is 5.19. The van der Waals surface area contributed by atoms with Crippen molar-refractivity contribution in [1.82, 2.24) is 0 Å². The predicted molar refractivity (Wildman–Crippen MR) is 81.4 cm³/mol. The van der Waals surface area contributed by atoms with Gasteiger partial charge in [-0.3, -0.25) is 5.14 Å². The highest BCUT2D eigenvalue weighted by Gasteiger charge is 2.44. The molecule has 2 aromatic carbocycles. The second kappa shape index (κ2) is 6.36. The molecule has 1 aliphatic carbocycles. The zero-order valence-electron chi connectivity index (χ0n) is 12.0. The zero-order valence-corrected chi connectivity index (χ0v) is 12.9. The number of hydrogen-bond acceptors (Lipinski definition) is 5. The number of nitrogens with zero attached hydrogens (tertiary/aromatic N) is 1. The second-order valence-corrected chi connectivity index (χ2v) is 5.86. The number of aliphatic hydroxyl groups is 1. The lowest BCUT2D eigenvalue weighted by molar-refractivity contribution is 0.0455. The number of rotatable bonds is 3. The molecule has 3 rings (SSSR count). The molecule has 2 aromatic rings. The molecule has 0 aliphatic heterocycles. The molecule has 0 saturated carbocycles. The van der Waals surface area contributed by atoms with E-state index in [1.807, 2.05) is 0 Å². The Bertz CT molecular complexity index is 841. The molecule has 4 nitrogen and oxygen atoms in total. The summed E-state index contributed by atoms with van der Waals surface area (Å²) in [6.45, 7) is 0. The van der Waals surface area contributed by atoms with Gasteiger partial charge in [0.05, 0.1) is 11.6 Å². The lowest BCUT2D eigenvalue weighted by Crippen LogP contribution is -2.09. The highest BCUT2D eigenvalue weighted by Crippen LogP contribution is 2.51. The normalized spacial score (nSPS) is 22.1. The van der Waals surface area contributed by atoms with Crippen molar-refractivity contribution < 1.29 is 23.0 Å². The summed E-state index contributed by atoms with van der Waals surface area (Å²) in [4.78, 5) is 0.324. The van der Waals surface area contributed by atoms with E-state index < -0.39 is 24.3 Å². The van der Waals surface area contributed by atoms with E-state index in [0.29, 0.717) is 4.90 Å². The Labute approximate surface area is 139 Å². The first-order chi connectivity index (χ1) is 11.5. The van der Waals surface area contributed by atoms with E-state index in [0.717, 1.165) is 24.1 Å². The van der Waals surface area contributed by atoms with Crippen LogP contribution in [0.25, 0.3) is 0 Å². The smallest absolute Gasteiger partial charge is 0.165 e. The Kier molecular flexibility index (Phi) is 4.41. The summed E-state index contributed by atoms with van der Waals surface area (Å²) in [6, 6.07) is 7.90. The standard InChI is InChI=1S/C16H11F3N2O2S/c17-8-3-7(6-20)4-9(5-8)23-10-1-2-11(24-21)13-12(10)14(18)15(19)16(13)22/h1-5,14-16,22H,21H2/t14-,15-,16+/m1/s1. The molecule has 0 aromatic heterocycles. The number of nitriles is 1. The van der Waals surface area contributed by atoms with Gasteiger partial charge in [-0.05, 0) is 36.2 Å². The van der Waals surface area contributed by atoms with Crippen LogP contribution in [0.5, 0.6) is 11.5 Å². The van der Waals surface area contributed by atoms with Crippen molar-refractivity contribution in [2.45, 2.75) is 23.3 Å². The van der Waals surface area contributed by atoms with Gasteiger partial charge in [0, 0.05) is 22.1 Å². The summed E-state index contributed by atoms with van der Waals surface area (Å²) in [5.41, 5.74) is -0.110. The molecule has 8 heteroatoms. The third-order valence-corrected chi connectivity index (χ3v) is 4.33. The van der Waals surface area contributed by atoms with E-state index in [4.69, 9.17) is 15.1 Å². The molecule has 1 aliphatic rings. The third-order valence-electron chi connectivity index (χ3n) is 3.72. The van der Waals surface area contributed by atoms with Crippen LogP contribution in [0.2, 0.25) is 0 Å². The lowest BCUT2D eigenvalue weighted by atomic mass is 10.1. The highest BCUT2D eigenvalue weighted by atomic mass is 32.2. The molecule has 0 heterocycles. The van der Waals surface area contributed by atoms with E-state index in [9.17, 15) is 18.3 Å². The van der Waals surface area contributed by atoms with Gasteiger partial charge in [0.25, 0.3) is 0 Å². The monoisotopic (exact) mass is 352 g/mol. The number of benzene rings is 2. The Balaban J connectivity index is 2.08. The largest absolute Gasteiger partial charge is 0.457 e. The van der Waals surface area contributed by atoms with Gasteiger partial charge in [-0.15, -0.1) is 0 Å². The minimum Gasteiger partial charge on any atom is -0.457 e. The first kappa shape index (κ1) is 16.6. The van der Waals surface area contributed by atoms with Crippen molar-refractivity contribution in [3.05, 3.63) is 52.8 Å². The van der Waals surface area contributed by atoms with Gasteiger partial charge < -0.3 is 9.84 Å². The van der Waals surface area contributed by atoms with Gasteiger partial charge in [0.2, 0.25) is 0 Å². The molecule has 24 heavy (non-hydrogen) atoms. The molecule has 124 valence electrons. The Morgan fingerprint density at radius 2 is 1.96 bits per heavy atom. The number of fused-ring (bicyclic) bond motifs is 1. The van der Waals surface area contributed by atoms with Gasteiger partial charge in [0.15, 0.2) is 12.3 Å². The number of halogens is 3. The van der Waals surface area contributed by atoms with Crippen LogP contribution in [0, 0.1) is 17.1 Å². The zero-order chi connectivity index (χ0) is 17.4. The van der Waals surface area contributed by atoms with E-state index in [2.05, 4.69) is 0 Å². The summed E-state index contributed by atoms with van der Waals surface area (Å²) in [7, 11) is 0. The Morgan fingerprint density at radius 1 is 1.21 bits per heavy atom. The molecule has 0 saturated heterocycles. The molecule has 0 spiro atoms. The maximum absolute atomic E-state index is 14.3. The van der Waals surface area contributed by atoms with Crippen molar-refractivity contribution in [2.24, 2.45) is 5.14 Å². The number of aliphatic hydroxyl groups excluding tert-OH is 1. The number of alkyl halides is 2. The van der Waals surface area contributed by atoms with Gasteiger partial charge in [-0.2, -0.15) is 5.26 Å². The van der Waals surface area contributed by atoms with Crippen LogP contribution in [0.1, 0.15) is 29.0 Å². The third kappa shape index (κ3) is 2.71. The van der Waals surface area contributed by atoms with Crippen LogP contribution >= 0.6 is 11.9 Å². The maximum Gasteiger partial charge on any atom is 0.165 e. The molecular weight excluding hydrogens is 341 g/mol. The van der Waals surface area contributed by atoms with Crippen LogP contribution in [-0.4, -0.2) is 11.3 Å². The maximum atomic E-state index is 14.3. The van der Waals surface area contributed by atoms with Crippen LogP contribution < -0.4 is 9.88 Å². The highest BCUT2D eigenvalue weighted by molar-refractivity contribution is 7.97. The first-order valence-corrected chi connectivity index (χ1v) is 7.72. The Morgan fingerprint density at radius 3 is 2.62 bits per heavy atom. The van der Waals surface area contributed by atoms with E-state index in [-0.39, 0.29) is 28.2 Å². The quantitative estimate of drug-likeness (QED) is 0.820. The summed E-state index contributed by atoms with van der Waals surface area (Å²) < 4.78 is 47.1. The first-order valence-electron chi connectivity index (χ1n) is 6.84. The molecule has 0 unspecified atom stereocenters. The lowest BCUT2D eigenvalue weighted by Gasteiger charge is -2.14. The fourth-order valence-corrected chi connectivity index (χ4v) is 3.17. The van der Waals surface area contributed by atoms with Crippen LogP contribution in [0.15, 0.2) is 35.2 Å². The van der Waals surface area contributed by atoms with Crippen molar-refractivity contribution in [1.29, 1.82) is 5.26 Å². The number of ether oxygens (including phenoxy) is 1. The number of nitrogens with two attached hydrogens (primary N) is 1. The van der Waals surface area contributed by atoms with E-state index in [1.54, 1.807) is 6.07 Å². The minimum absolute atomic E-state index is 0.0241. The van der Waals surface area contributed by atoms with Crippen molar-refractivity contribution >= 4 is 11.9 Å². The summed E-state index contributed by atoms with van der Waals surface area (Å²) in [5.74, 6) is -0.801. The summed E-state index contributed by atoms with van der Waals surface area (Å²) >= 11 is 0.754. The molecular formula is C16H11F3N2O2S. The van der Waals surface area contributed by atoms with Gasteiger partial charge in [-0.1, -0.05) is 0 Å². The topological polar surface area (TPSA) is 79.3 Å². The average molecular weight is 352 g/mol. The van der Waals surface area contributed by atoms with E-state index in [1.165, 1.54) is 18.2 Å².